The van der Waals surface area contributed by atoms with Gasteiger partial charge in [0.05, 0.1) is 12.2 Å². The van der Waals surface area contributed by atoms with E-state index >= 15 is 0 Å². The highest BCUT2D eigenvalue weighted by Crippen LogP contribution is 2.43. The molecule has 2 fully saturated rings. The van der Waals surface area contributed by atoms with Crippen LogP contribution in [0.1, 0.15) is 25.3 Å². The number of rotatable bonds is 4. The van der Waals surface area contributed by atoms with Crippen LogP contribution in [0, 0.1) is 5.92 Å². The van der Waals surface area contributed by atoms with Crippen LogP contribution in [0.25, 0.3) is 0 Å². The zero-order valence-corrected chi connectivity index (χ0v) is 14.6. The topological polar surface area (TPSA) is 77.0 Å². The Bertz CT molecular complexity index is 740. The maximum Gasteiger partial charge on any atom is 0.329 e. The molecule has 2 heterocycles. The molecule has 1 saturated heterocycles. The zero-order valence-electron chi connectivity index (χ0n) is 14.6. The molecule has 7 heteroatoms. The number of hydrogen-bond donors (Lipinski definition) is 2. The van der Waals surface area contributed by atoms with Crippen LogP contribution in [-0.4, -0.2) is 48.5 Å². The summed E-state index contributed by atoms with van der Waals surface area (Å²) in [6.07, 6.45) is 2.00. The van der Waals surface area contributed by atoms with E-state index in [0.717, 1.165) is 37.5 Å². The van der Waals surface area contributed by atoms with E-state index in [4.69, 9.17) is 0 Å². The minimum Gasteiger partial charge on any atom is -0.352 e. The van der Waals surface area contributed by atoms with Gasteiger partial charge in [-0.1, -0.05) is 12.1 Å². The highest BCUT2D eigenvalue weighted by molar-refractivity contribution is 6.23. The Hall–Kier alpha value is -2.57. The summed E-state index contributed by atoms with van der Waals surface area (Å²) in [6, 6.07) is 7.20. The van der Waals surface area contributed by atoms with Crippen molar-refractivity contribution in [2.24, 2.45) is 10.9 Å². The molecule has 3 aliphatic rings. The van der Waals surface area contributed by atoms with E-state index in [0.29, 0.717) is 12.2 Å². The molecule has 3 amide bonds. The Morgan fingerprint density at radius 1 is 1.28 bits per heavy atom. The predicted molar refractivity (Wildman–Crippen MR) is 95.4 cm³/mol. The van der Waals surface area contributed by atoms with Crippen molar-refractivity contribution >= 4 is 23.6 Å². The van der Waals surface area contributed by atoms with Crippen molar-refractivity contribution in [2.75, 3.05) is 25.0 Å². The van der Waals surface area contributed by atoms with Gasteiger partial charge in [-0.25, -0.2) is 9.69 Å². The third-order valence-electron chi connectivity index (χ3n) is 5.31. The number of guanidine groups is 1. The second kappa shape index (κ2) is 5.75. The summed E-state index contributed by atoms with van der Waals surface area (Å²) in [5.74, 6) is 1.02. The van der Waals surface area contributed by atoms with E-state index in [-0.39, 0.29) is 17.9 Å². The summed E-state index contributed by atoms with van der Waals surface area (Å²) in [5.41, 5.74) is 0.942. The van der Waals surface area contributed by atoms with E-state index in [1.807, 2.05) is 38.2 Å². The lowest BCUT2D eigenvalue weighted by Crippen LogP contribution is -2.46. The number of amides is 3. The van der Waals surface area contributed by atoms with E-state index in [1.165, 1.54) is 4.90 Å². The van der Waals surface area contributed by atoms with Gasteiger partial charge < -0.3 is 15.5 Å². The number of aliphatic imine (C=N–C) groups is 1. The first kappa shape index (κ1) is 15.9. The Morgan fingerprint density at radius 3 is 2.60 bits per heavy atom. The fourth-order valence-corrected chi connectivity index (χ4v) is 3.50. The lowest BCUT2D eigenvalue weighted by Gasteiger charge is -2.21. The van der Waals surface area contributed by atoms with Gasteiger partial charge in [0.2, 0.25) is 0 Å². The van der Waals surface area contributed by atoms with Crippen molar-refractivity contribution in [3.05, 3.63) is 29.8 Å². The smallest absolute Gasteiger partial charge is 0.329 e. The average Bonchev–Trinajstić information content (AvgIpc) is 3.33. The minimum atomic E-state index is -0.748. The van der Waals surface area contributed by atoms with Gasteiger partial charge in [0.1, 0.15) is 5.54 Å². The highest BCUT2D eigenvalue weighted by atomic mass is 16.2. The largest absolute Gasteiger partial charge is 0.352 e. The lowest BCUT2D eigenvalue weighted by molar-refractivity contribution is -0.122. The lowest BCUT2D eigenvalue weighted by atomic mass is 9.96. The maximum atomic E-state index is 12.7. The number of urea groups is 1. The molecule has 1 aromatic rings. The van der Waals surface area contributed by atoms with Crippen molar-refractivity contribution < 1.29 is 9.59 Å². The molecule has 1 unspecified atom stereocenters. The van der Waals surface area contributed by atoms with Crippen LogP contribution in [0.15, 0.2) is 29.3 Å². The molecule has 1 saturated carbocycles. The number of imide groups is 1. The number of likely N-dealkylation sites (N-methyl/N-ethyl adjacent to an activating group) is 1. The SMILES string of the molecule is CN1CCN=C1NCc1ccc(N2C(=O)NC(C)(C3CC3)C2=O)cc1. The normalized spacial score (nSPS) is 26.1. The van der Waals surface area contributed by atoms with Gasteiger partial charge in [-0.05, 0) is 43.4 Å². The Morgan fingerprint density at radius 2 is 2.00 bits per heavy atom. The summed E-state index contributed by atoms with van der Waals surface area (Å²) in [4.78, 5) is 32.8. The van der Waals surface area contributed by atoms with Crippen molar-refractivity contribution in [3.8, 4) is 0 Å². The van der Waals surface area contributed by atoms with Crippen molar-refractivity contribution in [2.45, 2.75) is 31.8 Å². The number of anilines is 1. The first-order valence-corrected chi connectivity index (χ1v) is 8.74. The molecule has 25 heavy (non-hydrogen) atoms. The zero-order chi connectivity index (χ0) is 17.6. The molecule has 1 aromatic carbocycles. The summed E-state index contributed by atoms with van der Waals surface area (Å²) in [7, 11) is 2.01. The molecule has 0 radical (unpaired) electrons. The van der Waals surface area contributed by atoms with Gasteiger partial charge in [0, 0.05) is 20.1 Å². The van der Waals surface area contributed by atoms with Crippen LogP contribution in [0.5, 0.6) is 0 Å². The summed E-state index contributed by atoms with van der Waals surface area (Å²) in [5, 5.41) is 6.18. The predicted octanol–water partition coefficient (Wildman–Crippen LogP) is 1.30. The molecule has 1 atom stereocenters. The molecule has 0 spiro atoms. The van der Waals surface area contributed by atoms with Crippen LogP contribution < -0.4 is 15.5 Å². The molecule has 132 valence electrons. The van der Waals surface area contributed by atoms with Crippen LogP contribution in [0.4, 0.5) is 10.5 Å². The standard InChI is InChI=1S/C18H23N5O2/c1-18(13-5-6-13)15(24)23(17(25)21-18)14-7-3-12(4-8-14)11-20-16-19-9-10-22(16)2/h3-4,7-8,13H,5-6,9-11H2,1-2H3,(H,19,20)(H,21,25). The van der Waals surface area contributed by atoms with E-state index in [2.05, 4.69) is 20.5 Å². The number of benzene rings is 1. The fourth-order valence-electron chi connectivity index (χ4n) is 3.50. The average molecular weight is 341 g/mol. The summed E-state index contributed by atoms with van der Waals surface area (Å²) < 4.78 is 0. The second-order valence-corrected chi connectivity index (χ2v) is 7.19. The van der Waals surface area contributed by atoms with E-state index in [1.54, 1.807) is 0 Å². The monoisotopic (exact) mass is 341 g/mol. The van der Waals surface area contributed by atoms with Crippen molar-refractivity contribution in [3.63, 3.8) is 0 Å². The first-order valence-electron chi connectivity index (χ1n) is 8.74. The molecule has 4 rings (SSSR count). The number of carbonyl (C=O) groups is 2. The number of nitrogens with zero attached hydrogens (tertiary/aromatic N) is 3. The molecule has 0 aromatic heterocycles. The van der Waals surface area contributed by atoms with Crippen molar-refractivity contribution in [1.82, 2.24) is 15.5 Å². The Kier molecular flexibility index (Phi) is 3.67. The Labute approximate surface area is 147 Å². The molecule has 2 aliphatic heterocycles. The van der Waals surface area contributed by atoms with Gasteiger partial charge in [0.25, 0.3) is 5.91 Å². The van der Waals surface area contributed by atoms with Crippen LogP contribution in [-0.2, 0) is 11.3 Å². The van der Waals surface area contributed by atoms with Gasteiger partial charge in [-0.15, -0.1) is 0 Å². The quantitative estimate of drug-likeness (QED) is 0.810. The third-order valence-corrected chi connectivity index (χ3v) is 5.31. The molecular formula is C18H23N5O2. The first-order chi connectivity index (χ1) is 12.0. The fraction of sp³-hybridized carbons (Fsp3) is 0.500. The molecule has 2 N–H and O–H groups in total. The van der Waals surface area contributed by atoms with Crippen molar-refractivity contribution in [1.29, 1.82) is 0 Å². The number of nitrogens with one attached hydrogen (secondary N) is 2. The van der Waals surface area contributed by atoms with Crippen LogP contribution in [0.2, 0.25) is 0 Å². The van der Waals surface area contributed by atoms with Gasteiger partial charge in [0.15, 0.2) is 5.96 Å². The van der Waals surface area contributed by atoms with E-state index < -0.39 is 5.54 Å². The Balaban J connectivity index is 1.45. The minimum absolute atomic E-state index is 0.146. The summed E-state index contributed by atoms with van der Waals surface area (Å²) >= 11 is 0. The van der Waals surface area contributed by atoms with Gasteiger partial charge in [-0.3, -0.25) is 9.79 Å². The molecule has 7 nitrogen and oxygen atoms in total. The molecule has 0 bridgehead atoms. The van der Waals surface area contributed by atoms with Crippen LogP contribution >= 0.6 is 0 Å². The summed E-state index contributed by atoms with van der Waals surface area (Å²) in [6.45, 7) is 4.25. The van der Waals surface area contributed by atoms with E-state index in [9.17, 15) is 9.59 Å². The third kappa shape index (κ3) is 2.73. The maximum absolute atomic E-state index is 12.7. The second-order valence-electron chi connectivity index (χ2n) is 7.19. The van der Waals surface area contributed by atoms with Gasteiger partial charge in [-0.2, -0.15) is 0 Å². The highest BCUT2D eigenvalue weighted by Gasteiger charge is 2.56. The van der Waals surface area contributed by atoms with Crippen LogP contribution in [0.3, 0.4) is 0 Å². The number of hydrogen-bond acceptors (Lipinski definition) is 5. The number of carbonyl (C=O) groups excluding carboxylic acids is 2. The van der Waals surface area contributed by atoms with Gasteiger partial charge >= 0.3 is 6.03 Å². The molecule has 1 aliphatic carbocycles. The molecular weight excluding hydrogens is 318 g/mol.